The van der Waals surface area contributed by atoms with Crippen LogP contribution in [-0.4, -0.2) is 30.3 Å². The molecule has 0 amide bonds. The van der Waals surface area contributed by atoms with Crippen molar-refractivity contribution < 1.29 is 19.4 Å². The van der Waals surface area contributed by atoms with Gasteiger partial charge in [0, 0.05) is 0 Å². The number of thiazole rings is 1. The summed E-state index contributed by atoms with van der Waals surface area (Å²) in [5.41, 5.74) is 3.23. The number of hydrogen-bond acceptors (Lipinski definition) is 5. The van der Waals surface area contributed by atoms with E-state index in [0.29, 0.717) is 34.9 Å². The average Bonchev–Trinajstić information content (AvgIpc) is 2.93. The molecule has 0 atom stereocenters. The van der Waals surface area contributed by atoms with Gasteiger partial charge in [-0.3, -0.25) is 0 Å². The largest absolute Gasteiger partial charge is 0.493 e. The van der Waals surface area contributed by atoms with E-state index in [2.05, 4.69) is 4.98 Å². The summed E-state index contributed by atoms with van der Waals surface area (Å²) in [5.74, 6) is 0.424. The van der Waals surface area contributed by atoms with E-state index in [-0.39, 0.29) is 0 Å². The van der Waals surface area contributed by atoms with Crippen LogP contribution in [0.4, 0.5) is 0 Å². The number of nitrogens with zero attached hydrogens (tertiary/aromatic N) is 1. The number of benzene rings is 1. The summed E-state index contributed by atoms with van der Waals surface area (Å²) >= 11 is 1.15. The minimum absolute atomic E-state index is 0.311. The van der Waals surface area contributed by atoms with Crippen molar-refractivity contribution in [1.82, 2.24) is 4.98 Å². The zero-order valence-corrected chi connectivity index (χ0v) is 12.1. The number of hydrogen-bond donors (Lipinski definition) is 1. The summed E-state index contributed by atoms with van der Waals surface area (Å²) in [7, 11) is 3.18. The van der Waals surface area contributed by atoms with Crippen LogP contribution in [0.2, 0.25) is 0 Å². The van der Waals surface area contributed by atoms with E-state index in [0.717, 1.165) is 16.9 Å². The van der Waals surface area contributed by atoms with E-state index in [1.807, 2.05) is 18.2 Å². The molecular weight excluding hydrogens is 278 g/mol. The molecule has 1 N–H and O–H groups in total. The van der Waals surface area contributed by atoms with Gasteiger partial charge in [-0.15, -0.1) is 11.3 Å². The quantitative estimate of drug-likeness (QED) is 0.886. The minimum Gasteiger partial charge on any atom is -0.493 e. The summed E-state index contributed by atoms with van der Waals surface area (Å²) in [6.45, 7) is 0. The number of ether oxygens (including phenoxy) is 2. The van der Waals surface area contributed by atoms with Crippen LogP contribution < -0.4 is 9.47 Å². The van der Waals surface area contributed by atoms with Crippen molar-refractivity contribution in [3.05, 3.63) is 39.8 Å². The zero-order valence-electron chi connectivity index (χ0n) is 11.3. The lowest BCUT2D eigenvalue weighted by atomic mass is 10.1. The molecule has 0 bridgehead atoms. The smallest absolute Gasteiger partial charge is 0.347 e. The van der Waals surface area contributed by atoms with Gasteiger partial charge in [0.25, 0.3) is 0 Å². The van der Waals surface area contributed by atoms with E-state index in [4.69, 9.17) is 14.6 Å². The molecule has 20 heavy (non-hydrogen) atoms. The Hall–Kier alpha value is -2.08. The summed E-state index contributed by atoms with van der Waals surface area (Å²) in [5, 5.41) is 9.04. The van der Waals surface area contributed by atoms with Crippen molar-refractivity contribution in [2.75, 3.05) is 14.2 Å². The molecule has 6 heteroatoms. The van der Waals surface area contributed by atoms with Crippen molar-refractivity contribution in [2.24, 2.45) is 0 Å². The molecule has 106 valence electrons. The van der Waals surface area contributed by atoms with Crippen molar-refractivity contribution in [1.29, 1.82) is 0 Å². The van der Waals surface area contributed by atoms with Gasteiger partial charge < -0.3 is 14.6 Å². The van der Waals surface area contributed by atoms with Crippen LogP contribution in [0, 0.1) is 0 Å². The number of carboxylic acid groups (broad SMARTS) is 1. The lowest BCUT2D eigenvalue weighted by Crippen LogP contribution is -2.01. The lowest BCUT2D eigenvalue weighted by molar-refractivity contribution is 0.0700. The third kappa shape index (κ3) is 3.08. The fourth-order valence-electron chi connectivity index (χ4n) is 1.92. The predicted molar refractivity (Wildman–Crippen MR) is 76.0 cm³/mol. The molecule has 1 heterocycles. The number of carbonyl (C=O) groups is 1. The first-order chi connectivity index (χ1) is 9.65. The van der Waals surface area contributed by atoms with Crippen molar-refractivity contribution in [3.8, 4) is 11.5 Å². The molecule has 0 spiro atoms. The molecule has 0 fully saturated rings. The van der Waals surface area contributed by atoms with Crippen LogP contribution >= 0.6 is 11.3 Å². The van der Waals surface area contributed by atoms with E-state index >= 15 is 0 Å². The molecular formula is C14H15NO4S. The second-order valence-corrected chi connectivity index (χ2v) is 4.98. The van der Waals surface area contributed by atoms with Gasteiger partial charge in [0.15, 0.2) is 11.5 Å². The lowest BCUT2D eigenvalue weighted by Gasteiger charge is -2.09. The van der Waals surface area contributed by atoms with Gasteiger partial charge >= 0.3 is 5.97 Å². The van der Waals surface area contributed by atoms with E-state index < -0.39 is 5.97 Å². The molecule has 0 aliphatic carbocycles. The summed E-state index contributed by atoms with van der Waals surface area (Å²) in [6, 6.07) is 5.67. The van der Waals surface area contributed by atoms with Crippen LogP contribution in [-0.2, 0) is 12.8 Å². The van der Waals surface area contributed by atoms with Crippen molar-refractivity contribution in [3.63, 3.8) is 0 Å². The first-order valence-corrected chi connectivity index (χ1v) is 6.90. The van der Waals surface area contributed by atoms with Crippen molar-refractivity contribution >= 4 is 17.3 Å². The molecule has 0 saturated carbocycles. The monoisotopic (exact) mass is 293 g/mol. The minimum atomic E-state index is -0.921. The molecule has 0 aliphatic heterocycles. The molecule has 0 radical (unpaired) electrons. The van der Waals surface area contributed by atoms with Gasteiger partial charge in [0.2, 0.25) is 0 Å². The Morgan fingerprint density at radius 1 is 1.25 bits per heavy atom. The van der Waals surface area contributed by atoms with E-state index in [1.165, 1.54) is 0 Å². The first kappa shape index (κ1) is 14.3. The molecule has 1 aromatic heterocycles. The maximum absolute atomic E-state index is 11.0. The van der Waals surface area contributed by atoms with Crippen LogP contribution in [0.15, 0.2) is 23.7 Å². The number of aryl methyl sites for hydroxylation is 2. The van der Waals surface area contributed by atoms with E-state index in [9.17, 15) is 4.79 Å². The highest BCUT2D eigenvalue weighted by atomic mass is 32.1. The first-order valence-electron chi connectivity index (χ1n) is 6.02. The van der Waals surface area contributed by atoms with Gasteiger partial charge in [-0.1, -0.05) is 6.07 Å². The zero-order chi connectivity index (χ0) is 14.5. The molecule has 2 rings (SSSR count). The Morgan fingerprint density at radius 3 is 2.65 bits per heavy atom. The van der Waals surface area contributed by atoms with Crippen LogP contribution in [0.1, 0.15) is 20.9 Å². The molecule has 0 aliphatic rings. The van der Waals surface area contributed by atoms with Crippen LogP contribution in [0.25, 0.3) is 0 Å². The number of aromatic nitrogens is 1. The van der Waals surface area contributed by atoms with Crippen LogP contribution in [0.5, 0.6) is 11.5 Å². The standard InChI is InChI=1S/C14H15NO4S/c1-18-11-6-4-9(7-12(11)19-2)3-5-10-13(14(16)17)20-8-15-10/h4,6-8H,3,5H2,1-2H3,(H,16,17). The Labute approximate surface area is 120 Å². The second-order valence-electron chi connectivity index (χ2n) is 4.12. The van der Waals surface area contributed by atoms with Crippen LogP contribution in [0.3, 0.4) is 0 Å². The third-order valence-electron chi connectivity index (χ3n) is 2.93. The normalized spacial score (nSPS) is 10.3. The predicted octanol–water partition coefficient (Wildman–Crippen LogP) is 2.64. The summed E-state index contributed by atoms with van der Waals surface area (Å²) in [6.07, 6.45) is 1.28. The molecule has 0 saturated heterocycles. The molecule has 2 aromatic rings. The molecule has 5 nitrogen and oxygen atoms in total. The van der Waals surface area contributed by atoms with Crippen molar-refractivity contribution in [2.45, 2.75) is 12.8 Å². The Morgan fingerprint density at radius 2 is 2.00 bits per heavy atom. The summed E-state index contributed by atoms with van der Waals surface area (Å²) in [4.78, 5) is 15.4. The molecule has 0 unspecified atom stereocenters. The van der Waals surface area contributed by atoms with Gasteiger partial charge in [-0.05, 0) is 30.5 Å². The number of carboxylic acids is 1. The number of aromatic carboxylic acids is 1. The van der Waals surface area contributed by atoms with Gasteiger partial charge in [-0.25, -0.2) is 9.78 Å². The van der Waals surface area contributed by atoms with Gasteiger partial charge in [-0.2, -0.15) is 0 Å². The van der Waals surface area contributed by atoms with Gasteiger partial charge in [0.05, 0.1) is 25.4 Å². The SMILES string of the molecule is COc1ccc(CCc2ncsc2C(=O)O)cc1OC. The maximum atomic E-state index is 11.0. The fraction of sp³-hybridized carbons (Fsp3) is 0.286. The highest BCUT2D eigenvalue weighted by Gasteiger charge is 2.13. The maximum Gasteiger partial charge on any atom is 0.347 e. The van der Waals surface area contributed by atoms with E-state index in [1.54, 1.807) is 19.7 Å². The highest BCUT2D eigenvalue weighted by Crippen LogP contribution is 2.28. The Balaban J connectivity index is 2.11. The van der Waals surface area contributed by atoms with Gasteiger partial charge in [0.1, 0.15) is 4.88 Å². The average molecular weight is 293 g/mol. The second kappa shape index (κ2) is 6.38. The topological polar surface area (TPSA) is 68.7 Å². The fourth-order valence-corrected chi connectivity index (χ4v) is 2.60. The summed E-state index contributed by atoms with van der Waals surface area (Å²) < 4.78 is 10.4. The highest BCUT2D eigenvalue weighted by molar-refractivity contribution is 7.11. The Bertz CT molecular complexity index is 609. The molecule has 1 aromatic carbocycles. The third-order valence-corrected chi connectivity index (χ3v) is 3.79. The number of rotatable bonds is 6. The number of methoxy groups -OCH3 is 2. The Kier molecular flexibility index (Phi) is 4.57.